The van der Waals surface area contributed by atoms with Crippen LogP contribution in [-0.4, -0.2) is 38.9 Å². The monoisotopic (exact) mass is 487 g/mol. The molecule has 2 fully saturated rings. The highest BCUT2D eigenvalue weighted by Gasteiger charge is 2.47. The van der Waals surface area contributed by atoms with Gasteiger partial charge in [-0.2, -0.15) is 5.10 Å². The first-order chi connectivity index (χ1) is 16.4. The van der Waals surface area contributed by atoms with Gasteiger partial charge in [0.2, 0.25) is 0 Å². The number of carbonyl (C=O) groups is 1. The van der Waals surface area contributed by atoms with Gasteiger partial charge in [-0.25, -0.2) is 13.3 Å². The van der Waals surface area contributed by atoms with Crippen LogP contribution in [-0.2, 0) is 4.79 Å². The standard InChI is InChI=1S/C25H31F2N5OS/c26-25(27)13-6-9-18(28)22(25)31-23(33)24-30-21(17-15-29-32-14-5-4-10-19(17)32)20(34-24)12-11-16-7-2-1-3-8-16/h4-5,10-12,14-16,18,22,24,30H,1-3,6-9,13,28H2,(H,31,33). The number of nitrogens with two attached hydrogens (primary N) is 1. The van der Waals surface area contributed by atoms with E-state index < -0.39 is 29.3 Å². The molecule has 0 radical (unpaired) electrons. The molecule has 4 N–H and O–H groups in total. The predicted octanol–water partition coefficient (Wildman–Crippen LogP) is 4.43. The normalized spacial score (nSPS) is 27.9. The zero-order valence-corrected chi connectivity index (χ0v) is 19.9. The molecule has 0 saturated heterocycles. The van der Waals surface area contributed by atoms with Gasteiger partial charge in [-0.3, -0.25) is 4.79 Å². The van der Waals surface area contributed by atoms with Crippen molar-refractivity contribution >= 4 is 28.9 Å². The van der Waals surface area contributed by atoms with Gasteiger partial charge in [0.15, 0.2) is 5.37 Å². The van der Waals surface area contributed by atoms with Crippen molar-refractivity contribution in [1.82, 2.24) is 20.2 Å². The maximum atomic E-state index is 14.5. The molecule has 182 valence electrons. The van der Waals surface area contributed by atoms with Crippen molar-refractivity contribution in [3.63, 3.8) is 0 Å². The lowest BCUT2D eigenvalue weighted by molar-refractivity contribution is -0.128. The van der Waals surface area contributed by atoms with Gasteiger partial charge in [0.25, 0.3) is 11.8 Å². The van der Waals surface area contributed by atoms with E-state index in [0.29, 0.717) is 18.8 Å². The first-order valence-corrected chi connectivity index (χ1v) is 13.0. The van der Waals surface area contributed by atoms with Crippen molar-refractivity contribution in [2.45, 2.75) is 74.7 Å². The Morgan fingerprint density at radius 1 is 1.24 bits per heavy atom. The SMILES string of the molecule is NC1CCCC(F)(F)C1NC(=O)C1NC(c2cnn3ccccc23)=C(C=CC2CCCCC2)S1. The van der Waals surface area contributed by atoms with Crippen molar-refractivity contribution in [3.8, 4) is 0 Å². The Bertz CT molecular complexity index is 1110. The molecule has 3 atom stereocenters. The molecule has 2 aromatic heterocycles. The van der Waals surface area contributed by atoms with E-state index in [4.69, 9.17) is 5.73 Å². The van der Waals surface area contributed by atoms with Crippen LogP contribution in [0.3, 0.4) is 0 Å². The molecule has 1 aliphatic heterocycles. The van der Waals surface area contributed by atoms with Gasteiger partial charge in [-0.05, 0) is 43.7 Å². The third-order valence-electron chi connectivity index (χ3n) is 7.10. The Balaban J connectivity index is 1.39. The molecule has 34 heavy (non-hydrogen) atoms. The van der Waals surface area contributed by atoms with Crippen LogP contribution in [0, 0.1) is 5.92 Å². The minimum atomic E-state index is -3.00. The van der Waals surface area contributed by atoms with Crippen LogP contribution < -0.4 is 16.4 Å². The number of amides is 1. The highest BCUT2D eigenvalue weighted by Crippen LogP contribution is 2.39. The van der Waals surface area contributed by atoms with Gasteiger partial charge >= 0.3 is 0 Å². The summed E-state index contributed by atoms with van der Waals surface area (Å²) in [4.78, 5) is 14.0. The summed E-state index contributed by atoms with van der Waals surface area (Å²) < 4.78 is 30.8. The number of hydrogen-bond acceptors (Lipinski definition) is 5. The average molecular weight is 488 g/mol. The zero-order valence-electron chi connectivity index (χ0n) is 19.1. The molecule has 3 unspecified atom stereocenters. The van der Waals surface area contributed by atoms with Crippen LogP contribution in [0.15, 0.2) is 47.6 Å². The number of allylic oxidation sites excluding steroid dienone is 2. The Morgan fingerprint density at radius 3 is 2.85 bits per heavy atom. The van der Waals surface area contributed by atoms with Gasteiger partial charge < -0.3 is 16.4 Å². The fourth-order valence-electron chi connectivity index (χ4n) is 5.20. The molecule has 5 rings (SSSR count). The molecule has 2 aromatic rings. The van der Waals surface area contributed by atoms with E-state index in [1.165, 1.54) is 43.9 Å². The highest BCUT2D eigenvalue weighted by atomic mass is 32.2. The Kier molecular flexibility index (Phi) is 6.66. The topological polar surface area (TPSA) is 84.4 Å². The molecule has 9 heteroatoms. The number of rotatable bonds is 5. The van der Waals surface area contributed by atoms with Crippen molar-refractivity contribution in [3.05, 3.63) is 53.2 Å². The van der Waals surface area contributed by atoms with Crippen LogP contribution in [0.2, 0.25) is 0 Å². The lowest BCUT2D eigenvalue weighted by atomic mass is 9.87. The van der Waals surface area contributed by atoms with E-state index in [-0.39, 0.29) is 6.42 Å². The number of aromatic nitrogens is 2. The average Bonchev–Trinajstić information content (AvgIpc) is 3.45. The molecule has 0 bridgehead atoms. The summed E-state index contributed by atoms with van der Waals surface area (Å²) >= 11 is 1.36. The number of carbonyl (C=O) groups excluding carboxylic acids is 1. The number of nitrogens with zero attached hydrogens (tertiary/aromatic N) is 2. The number of pyridine rings is 1. The molecule has 3 aliphatic rings. The lowest BCUT2D eigenvalue weighted by Gasteiger charge is -2.36. The van der Waals surface area contributed by atoms with E-state index in [0.717, 1.165) is 21.7 Å². The molecular weight excluding hydrogens is 456 g/mol. The second-order valence-corrected chi connectivity index (χ2v) is 10.7. The lowest BCUT2D eigenvalue weighted by Crippen LogP contribution is -2.61. The van der Waals surface area contributed by atoms with Crippen molar-refractivity contribution in [2.75, 3.05) is 0 Å². The Morgan fingerprint density at radius 2 is 2.06 bits per heavy atom. The fraction of sp³-hybridized carbons (Fsp3) is 0.520. The highest BCUT2D eigenvalue weighted by molar-refractivity contribution is 8.05. The van der Waals surface area contributed by atoms with Crippen LogP contribution in [0.4, 0.5) is 8.78 Å². The number of nitrogens with one attached hydrogen (secondary N) is 2. The second-order valence-electron chi connectivity index (χ2n) is 9.53. The molecule has 1 amide bonds. The Labute approximate surface area is 202 Å². The molecular formula is C25H31F2N5OS. The molecule has 6 nitrogen and oxygen atoms in total. The maximum absolute atomic E-state index is 14.5. The maximum Gasteiger partial charge on any atom is 0.269 e. The van der Waals surface area contributed by atoms with E-state index in [9.17, 15) is 13.6 Å². The minimum absolute atomic E-state index is 0.252. The quantitative estimate of drug-likeness (QED) is 0.581. The van der Waals surface area contributed by atoms with E-state index in [1.54, 1.807) is 10.7 Å². The number of fused-ring (bicyclic) bond motifs is 1. The van der Waals surface area contributed by atoms with E-state index in [2.05, 4.69) is 27.9 Å². The van der Waals surface area contributed by atoms with Crippen LogP contribution in [0.5, 0.6) is 0 Å². The summed E-state index contributed by atoms with van der Waals surface area (Å²) in [5.74, 6) is -2.94. The number of alkyl halides is 2. The summed E-state index contributed by atoms with van der Waals surface area (Å²) in [6.07, 6.45) is 14.7. The van der Waals surface area contributed by atoms with Crippen LogP contribution in [0.1, 0.15) is 56.9 Å². The van der Waals surface area contributed by atoms with Gasteiger partial charge in [0, 0.05) is 29.1 Å². The largest absolute Gasteiger partial charge is 0.364 e. The molecule has 2 saturated carbocycles. The molecule has 2 aliphatic carbocycles. The van der Waals surface area contributed by atoms with Gasteiger partial charge in [0.05, 0.1) is 17.4 Å². The smallest absolute Gasteiger partial charge is 0.269 e. The third kappa shape index (κ3) is 4.73. The summed E-state index contributed by atoms with van der Waals surface area (Å²) in [6.45, 7) is 0. The van der Waals surface area contributed by atoms with Crippen molar-refractivity contribution in [2.24, 2.45) is 11.7 Å². The van der Waals surface area contributed by atoms with Gasteiger partial charge in [0.1, 0.15) is 6.04 Å². The van der Waals surface area contributed by atoms with E-state index >= 15 is 0 Å². The zero-order chi connectivity index (χ0) is 23.7. The predicted molar refractivity (Wildman–Crippen MR) is 131 cm³/mol. The van der Waals surface area contributed by atoms with Gasteiger partial charge in [-0.1, -0.05) is 49.2 Å². The minimum Gasteiger partial charge on any atom is -0.364 e. The summed E-state index contributed by atoms with van der Waals surface area (Å²) in [7, 11) is 0. The van der Waals surface area contributed by atoms with E-state index in [1.807, 2.05) is 24.4 Å². The number of hydrogen-bond donors (Lipinski definition) is 3. The van der Waals surface area contributed by atoms with Crippen molar-refractivity contribution < 1.29 is 13.6 Å². The number of thioether (sulfide) groups is 1. The summed E-state index contributed by atoms with van der Waals surface area (Å²) in [6, 6.07) is 3.72. The third-order valence-corrected chi connectivity index (χ3v) is 8.26. The van der Waals surface area contributed by atoms with Crippen LogP contribution >= 0.6 is 11.8 Å². The molecule has 3 heterocycles. The number of halogens is 2. The summed E-state index contributed by atoms with van der Waals surface area (Å²) in [5.41, 5.74) is 8.57. The molecule has 0 aromatic carbocycles. The first-order valence-electron chi connectivity index (χ1n) is 12.1. The molecule has 0 spiro atoms. The van der Waals surface area contributed by atoms with Crippen molar-refractivity contribution in [1.29, 1.82) is 0 Å². The van der Waals surface area contributed by atoms with Crippen LogP contribution in [0.25, 0.3) is 11.2 Å². The van der Waals surface area contributed by atoms with Gasteiger partial charge in [-0.15, -0.1) is 0 Å². The fourth-order valence-corrected chi connectivity index (χ4v) is 6.25. The summed E-state index contributed by atoms with van der Waals surface area (Å²) in [5, 5.41) is 9.57. The second kappa shape index (κ2) is 9.70. The first kappa shape index (κ1) is 23.4. The Hall–Kier alpha value is -2.39.